The number of rotatable bonds is 1. The molecule has 4 heteroatoms. The fourth-order valence-electron chi connectivity index (χ4n) is 5.26. The van der Waals surface area contributed by atoms with E-state index in [9.17, 15) is 0 Å². The fraction of sp³-hybridized carbons (Fsp3) is 0. The molecule has 0 atom stereocenters. The number of aromatic nitrogens is 2. The number of nitrogens with zero attached hydrogens (tertiary/aromatic N) is 2. The number of hydrogen-bond donors (Lipinski definition) is 0. The number of pyridine rings is 1. The third-order valence-corrected chi connectivity index (χ3v) is 7.90. The van der Waals surface area contributed by atoms with Crippen LogP contribution in [-0.2, 0) is 0 Å². The standard InChI is InChI=1S/C29H16N2OS/c1-3-7-25-18(5-1)22-15-17(9-12-26(22)32-25)31-23-11-10-20-19-6-2-4-8-27(19)33-29(20)28(23)21-13-14-30-16-24(21)31/h1-16H. The van der Waals surface area contributed by atoms with Gasteiger partial charge in [-0.05, 0) is 42.5 Å². The summed E-state index contributed by atoms with van der Waals surface area (Å²) in [4.78, 5) is 4.48. The molecule has 0 unspecified atom stereocenters. The maximum absolute atomic E-state index is 6.07. The van der Waals surface area contributed by atoms with Crippen molar-refractivity contribution in [3.8, 4) is 5.69 Å². The average Bonchev–Trinajstić information content (AvgIpc) is 3.52. The van der Waals surface area contributed by atoms with Gasteiger partial charge >= 0.3 is 0 Å². The first-order valence-electron chi connectivity index (χ1n) is 11.0. The Morgan fingerprint density at radius 1 is 0.667 bits per heavy atom. The lowest BCUT2D eigenvalue weighted by Crippen LogP contribution is -1.93. The van der Waals surface area contributed by atoms with Crippen LogP contribution in [0.1, 0.15) is 0 Å². The minimum atomic E-state index is 0.908. The molecule has 0 aliphatic carbocycles. The minimum absolute atomic E-state index is 0.908. The lowest BCUT2D eigenvalue weighted by molar-refractivity contribution is 0.669. The molecule has 0 N–H and O–H groups in total. The van der Waals surface area contributed by atoms with Crippen molar-refractivity contribution < 1.29 is 4.42 Å². The van der Waals surface area contributed by atoms with E-state index in [2.05, 4.69) is 82.3 Å². The second kappa shape index (κ2) is 6.21. The normalized spacial score (nSPS) is 12.2. The molecule has 0 aliphatic heterocycles. The molecule has 0 saturated heterocycles. The highest BCUT2D eigenvalue weighted by molar-refractivity contribution is 7.26. The highest BCUT2D eigenvalue weighted by atomic mass is 32.1. The van der Waals surface area contributed by atoms with Gasteiger partial charge in [0.25, 0.3) is 0 Å². The molecule has 0 fully saturated rings. The number of benzene rings is 4. The molecular weight excluding hydrogens is 424 g/mol. The Kier molecular flexibility index (Phi) is 3.28. The molecule has 0 spiro atoms. The molecule has 3 nitrogen and oxygen atoms in total. The summed E-state index contributed by atoms with van der Waals surface area (Å²) in [6.07, 6.45) is 3.87. The number of furan rings is 1. The molecule has 8 aromatic rings. The maximum Gasteiger partial charge on any atom is 0.135 e. The molecule has 33 heavy (non-hydrogen) atoms. The van der Waals surface area contributed by atoms with E-state index in [0.29, 0.717) is 0 Å². The van der Waals surface area contributed by atoms with Crippen molar-refractivity contribution in [3.63, 3.8) is 0 Å². The van der Waals surface area contributed by atoms with E-state index in [1.54, 1.807) is 0 Å². The van der Waals surface area contributed by atoms with Gasteiger partial charge in [0.2, 0.25) is 0 Å². The zero-order chi connectivity index (χ0) is 21.5. The van der Waals surface area contributed by atoms with Crippen molar-refractivity contribution in [2.45, 2.75) is 0 Å². The van der Waals surface area contributed by atoms with Gasteiger partial charge in [-0.15, -0.1) is 11.3 Å². The zero-order valence-corrected chi connectivity index (χ0v) is 18.3. The van der Waals surface area contributed by atoms with Crippen LogP contribution in [-0.4, -0.2) is 9.55 Å². The Balaban J connectivity index is 1.53. The summed E-state index contributed by atoms with van der Waals surface area (Å²) in [7, 11) is 0. The van der Waals surface area contributed by atoms with E-state index < -0.39 is 0 Å². The summed E-state index contributed by atoms with van der Waals surface area (Å²) >= 11 is 1.87. The van der Waals surface area contributed by atoms with E-state index in [1.165, 1.54) is 36.5 Å². The monoisotopic (exact) mass is 440 g/mol. The number of fused-ring (bicyclic) bond motifs is 10. The lowest BCUT2D eigenvalue weighted by atomic mass is 10.1. The summed E-state index contributed by atoms with van der Waals surface area (Å²) < 4.78 is 11.1. The van der Waals surface area contributed by atoms with Crippen molar-refractivity contribution in [2.24, 2.45) is 0 Å². The van der Waals surface area contributed by atoms with Crippen LogP contribution in [0.15, 0.2) is 102 Å². The Hall–Kier alpha value is -4.15. The van der Waals surface area contributed by atoms with Gasteiger partial charge in [0.15, 0.2) is 0 Å². The summed E-state index contributed by atoms with van der Waals surface area (Å²) in [5.74, 6) is 0. The van der Waals surface area contributed by atoms with Gasteiger partial charge in [-0.1, -0.05) is 42.5 Å². The second-order valence-electron chi connectivity index (χ2n) is 8.44. The van der Waals surface area contributed by atoms with Gasteiger partial charge in [-0.3, -0.25) is 4.98 Å². The van der Waals surface area contributed by atoms with Crippen LogP contribution in [0.4, 0.5) is 0 Å². The van der Waals surface area contributed by atoms with E-state index in [4.69, 9.17) is 4.42 Å². The molecule has 0 radical (unpaired) electrons. The fourth-order valence-corrected chi connectivity index (χ4v) is 6.52. The van der Waals surface area contributed by atoms with Gasteiger partial charge in [0, 0.05) is 53.6 Å². The molecule has 8 rings (SSSR count). The highest BCUT2D eigenvalue weighted by Crippen LogP contribution is 2.43. The predicted molar refractivity (Wildman–Crippen MR) is 139 cm³/mol. The molecular formula is C29H16N2OS. The van der Waals surface area contributed by atoms with Crippen molar-refractivity contribution in [1.82, 2.24) is 9.55 Å². The number of para-hydroxylation sites is 1. The lowest BCUT2D eigenvalue weighted by Gasteiger charge is -2.08. The predicted octanol–water partition coefficient (Wildman–Crippen LogP) is 8.45. The first-order chi connectivity index (χ1) is 16.4. The van der Waals surface area contributed by atoms with Crippen LogP contribution in [0.2, 0.25) is 0 Å². The summed E-state index contributed by atoms with van der Waals surface area (Å²) in [6.45, 7) is 0. The van der Waals surface area contributed by atoms with Gasteiger partial charge in [0.1, 0.15) is 11.2 Å². The Morgan fingerprint density at radius 3 is 2.48 bits per heavy atom. The summed E-state index contributed by atoms with van der Waals surface area (Å²) in [5, 5.41) is 7.43. The zero-order valence-electron chi connectivity index (χ0n) is 17.4. The Bertz CT molecular complexity index is 2040. The Morgan fingerprint density at radius 2 is 1.52 bits per heavy atom. The van der Waals surface area contributed by atoms with E-state index in [-0.39, 0.29) is 0 Å². The van der Waals surface area contributed by atoms with Gasteiger partial charge < -0.3 is 8.98 Å². The second-order valence-corrected chi connectivity index (χ2v) is 9.49. The molecule has 4 aromatic heterocycles. The molecule has 4 aromatic carbocycles. The number of hydrogen-bond acceptors (Lipinski definition) is 3. The first-order valence-corrected chi connectivity index (χ1v) is 11.8. The third-order valence-electron chi connectivity index (χ3n) is 6.69. The molecule has 0 aliphatic rings. The maximum atomic E-state index is 6.07. The van der Waals surface area contributed by atoms with E-state index in [0.717, 1.165) is 33.1 Å². The quantitative estimate of drug-likeness (QED) is 0.256. The van der Waals surface area contributed by atoms with E-state index >= 15 is 0 Å². The van der Waals surface area contributed by atoms with Crippen molar-refractivity contribution in [3.05, 3.63) is 97.3 Å². The largest absolute Gasteiger partial charge is 0.456 e. The van der Waals surface area contributed by atoms with Gasteiger partial charge in [-0.2, -0.15) is 0 Å². The molecule has 4 heterocycles. The van der Waals surface area contributed by atoms with Crippen LogP contribution in [0.25, 0.3) is 69.6 Å². The third kappa shape index (κ3) is 2.25. The first kappa shape index (κ1) is 17.4. The molecule has 0 amide bonds. The van der Waals surface area contributed by atoms with Crippen molar-refractivity contribution >= 4 is 75.3 Å². The SMILES string of the molecule is c1ccc2c(c1)oc1ccc(-n3c4cnccc4c4c5sc6ccccc6c5ccc43)cc12. The van der Waals surface area contributed by atoms with Crippen LogP contribution in [0.3, 0.4) is 0 Å². The smallest absolute Gasteiger partial charge is 0.135 e. The van der Waals surface area contributed by atoms with Crippen LogP contribution in [0.5, 0.6) is 0 Å². The van der Waals surface area contributed by atoms with Gasteiger partial charge in [-0.25, -0.2) is 0 Å². The minimum Gasteiger partial charge on any atom is -0.456 e. The van der Waals surface area contributed by atoms with Crippen LogP contribution >= 0.6 is 11.3 Å². The van der Waals surface area contributed by atoms with Crippen LogP contribution in [0, 0.1) is 0 Å². The highest BCUT2D eigenvalue weighted by Gasteiger charge is 2.18. The molecule has 0 saturated carbocycles. The van der Waals surface area contributed by atoms with Gasteiger partial charge in [0.05, 0.1) is 17.2 Å². The van der Waals surface area contributed by atoms with Crippen LogP contribution < -0.4 is 0 Å². The summed E-state index contributed by atoms with van der Waals surface area (Å²) in [6, 6.07) is 30.0. The molecule has 0 bridgehead atoms. The van der Waals surface area contributed by atoms with E-state index in [1.807, 2.05) is 35.9 Å². The summed E-state index contributed by atoms with van der Waals surface area (Å²) in [5.41, 5.74) is 5.25. The Labute approximate surface area is 192 Å². The van der Waals surface area contributed by atoms with Crippen molar-refractivity contribution in [1.29, 1.82) is 0 Å². The number of thiophene rings is 1. The topological polar surface area (TPSA) is 31.0 Å². The van der Waals surface area contributed by atoms with Crippen molar-refractivity contribution in [2.75, 3.05) is 0 Å². The average molecular weight is 441 g/mol. The molecule has 154 valence electrons.